The number of piperazine rings is 1. The number of amides is 2. The molecule has 0 bridgehead atoms. The molecule has 0 radical (unpaired) electrons. The Morgan fingerprint density at radius 3 is 2.32 bits per heavy atom. The lowest BCUT2D eigenvalue weighted by Gasteiger charge is -2.35. The van der Waals surface area contributed by atoms with Crippen LogP contribution < -0.4 is 10.2 Å². The molecule has 220 valence electrons. The highest BCUT2D eigenvalue weighted by atomic mass is 16.5. The molecule has 2 heterocycles. The fourth-order valence-electron chi connectivity index (χ4n) is 4.79. The van der Waals surface area contributed by atoms with E-state index in [1.807, 2.05) is 54.6 Å². The third-order valence-electron chi connectivity index (χ3n) is 7.20. The van der Waals surface area contributed by atoms with Gasteiger partial charge in [-0.3, -0.25) is 9.59 Å². The number of likely N-dealkylation sites (N-methyl/N-ethyl adjacent to an activating group) is 1. The Morgan fingerprint density at radius 2 is 1.71 bits per heavy atom. The molecule has 2 amide bonds. The Kier molecular flexibility index (Phi) is 12.6. The number of hydrogen-bond donors (Lipinski definition) is 1. The first-order valence-electron chi connectivity index (χ1n) is 14.5. The minimum absolute atomic E-state index is 0.0767. The molecular formula is C33H45N5O3. The normalized spacial score (nSPS) is 16.2. The SMILES string of the molecule is C1CCNC1.C=CC(=O)N1CCN(C(/C=C(\C)C(=O)N(C)c2cccc3ccccc23)=N/C(=C/CCC)OC)CC1. The highest BCUT2D eigenvalue weighted by Gasteiger charge is 2.23. The van der Waals surface area contributed by atoms with E-state index < -0.39 is 0 Å². The average molecular weight is 560 g/mol. The molecule has 0 spiro atoms. The van der Waals surface area contributed by atoms with Crippen LogP contribution in [0.15, 0.2) is 83.7 Å². The van der Waals surface area contributed by atoms with Crippen LogP contribution in [-0.4, -0.2) is 80.9 Å². The minimum Gasteiger partial charge on any atom is -0.481 e. The van der Waals surface area contributed by atoms with E-state index in [2.05, 4.69) is 23.7 Å². The molecule has 8 nitrogen and oxygen atoms in total. The summed E-state index contributed by atoms with van der Waals surface area (Å²) in [4.78, 5) is 35.8. The molecule has 0 aliphatic carbocycles. The fraction of sp³-hybridized carbons (Fsp3) is 0.424. The number of anilines is 1. The monoisotopic (exact) mass is 559 g/mol. The number of benzene rings is 2. The van der Waals surface area contributed by atoms with Crippen LogP contribution in [0.3, 0.4) is 0 Å². The fourth-order valence-corrected chi connectivity index (χ4v) is 4.79. The van der Waals surface area contributed by atoms with Crippen molar-refractivity contribution >= 4 is 34.1 Å². The largest absolute Gasteiger partial charge is 0.481 e. The first-order chi connectivity index (χ1) is 19.9. The third-order valence-corrected chi connectivity index (χ3v) is 7.20. The summed E-state index contributed by atoms with van der Waals surface area (Å²) in [5.74, 6) is 0.959. The molecule has 2 aliphatic rings. The predicted octanol–water partition coefficient (Wildman–Crippen LogP) is 5.14. The van der Waals surface area contributed by atoms with Crippen molar-refractivity contribution in [2.45, 2.75) is 39.5 Å². The van der Waals surface area contributed by atoms with E-state index in [9.17, 15) is 9.59 Å². The van der Waals surface area contributed by atoms with E-state index in [1.165, 1.54) is 32.0 Å². The Hall–Kier alpha value is -3.91. The highest BCUT2D eigenvalue weighted by molar-refractivity contribution is 6.12. The van der Waals surface area contributed by atoms with E-state index in [4.69, 9.17) is 9.73 Å². The number of carbonyl (C=O) groups is 2. The molecule has 0 aromatic heterocycles. The lowest BCUT2D eigenvalue weighted by molar-refractivity contribution is -0.127. The number of amidine groups is 1. The van der Waals surface area contributed by atoms with E-state index in [1.54, 1.807) is 30.9 Å². The van der Waals surface area contributed by atoms with Gasteiger partial charge in [-0.25, -0.2) is 0 Å². The molecule has 1 N–H and O–H groups in total. The van der Waals surface area contributed by atoms with Crippen molar-refractivity contribution in [3.63, 3.8) is 0 Å². The molecule has 2 saturated heterocycles. The second-order valence-electron chi connectivity index (χ2n) is 10.2. The van der Waals surface area contributed by atoms with Crippen molar-refractivity contribution in [3.8, 4) is 0 Å². The summed E-state index contributed by atoms with van der Waals surface area (Å²) >= 11 is 0. The molecule has 41 heavy (non-hydrogen) atoms. The number of allylic oxidation sites excluding steroid dienone is 1. The zero-order valence-corrected chi connectivity index (χ0v) is 25.1. The topological polar surface area (TPSA) is 77.5 Å². The van der Waals surface area contributed by atoms with Crippen LogP contribution in [0.4, 0.5) is 5.69 Å². The number of nitrogens with one attached hydrogen (secondary N) is 1. The maximum atomic E-state index is 13.5. The molecule has 0 atom stereocenters. The van der Waals surface area contributed by atoms with Gasteiger partial charge in [0, 0.05) is 44.2 Å². The van der Waals surface area contributed by atoms with Gasteiger partial charge in [0.15, 0.2) is 0 Å². The summed E-state index contributed by atoms with van der Waals surface area (Å²) in [5, 5.41) is 5.32. The third kappa shape index (κ3) is 9.05. The lowest BCUT2D eigenvalue weighted by atomic mass is 10.1. The summed E-state index contributed by atoms with van der Waals surface area (Å²) in [6.45, 7) is 12.3. The number of aliphatic imine (C=N–C) groups is 1. The van der Waals surface area contributed by atoms with E-state index >= 15 is 0 Å². The Morgan fingerprint density at radius 1 is 1.05 bits per heavy atom. The van der Waals surface area contributed by atoms with E-state index in [0.29, 0.717) is 43.5 Å². The van der Waals surface area contributed by atoms with Crippen molar-refractivity contribution in [2.75, 3.05) is 58.3 Å². The van der Waals surface area contributed by atoms with Crippen LogP contribution in [0.1, 0.15) is 39.5 Å². The van der Waals surface area contributed by atoms with Gasteiger partial charge in [-0.2, -0.15) is 4.99 Å². The van der Waals surface area contributed by atoms with Gasteiger partial charge in [0.1, 0.15) is 5.84 Å². The van der Waals surface area contributed by atoms with Crippen molar-refractivity contribution in [3.05, 3.63) is 78.7 Å². The number of unbranched alkanes of at least 4 members (excludes halogenated alkanes) is 1. The molecule has 8 heteroatoms. The number of ether oxygens (including phenoxy) is 1. The highest BCUT2D eigenvalue weighted by Crippen LogP contribution is 2.27. The Bertz CT molecular complexity index is 1260. The summed E-state index contributed by atoms with van der Waals surface area (Å²) in [6.07, 6.45) is 9.70. The molecule has 0 saturated carbocycles. The Labute approximate surface area is 245 Å². The zero-order valence-electron chi connectivity index (χ0n) is 25.1. The van der Waals surface area contributed by atoms with Gasteiger partial charge < -0.3 is 24.8 Å². The lowest BCUT2D eigenvalue weighted by Crippen LogP contribution is -2.50. The van der Waals surface area contributed by atoms with Crippen molar-refractivity contribution < 1.29 is 14.3 Å². The zero-order chi connectivity index (χ0) is 29.6. The smallest absolute Gasteiger partial charge is 0.253 e. The van der Waals surface area contributed by atoms with Crippen LogP contribution in [-0.2, 0) is 14.3 Å². The van der Waals surface area contributed by atoms with Crippen LogP contribution in [0.2, 0.25) is 0 Å². The van der Waals surface area contributed by atoms with Crippen LogP contribution in [0.5, 0.6) is 0 Å². The van der Waals surface area contributed by atoms with Crippen molar-refractivity contribution in [1.82, 2.24) is 15.1 Å². The molecule has 2 aliphatic heterocycles. The van der Waals surface area contributed by atoms with Crippen LogP contribution in [0, 0.1) is 0 Å². The molecular weight excluding hydrogens is 514 g/mol. The first kappa shape index (κ1) is 31.6. The molecule has 0 unspecified atom stereocenters. The summed E-state index contributed by atoms with van der Waals surface area (Å²) in [5.41, 5.74) is 1.40. The maximum Gasteiger partial charge on any atom is 0.253 e. The summed E-state index contributed by atoms with van der Waals surface area (Å²) in [7, 11) is 3.39. The summed E-state index contributed by atoms with van der Waals surface area (Å²) in [6, 6.07) is 14.0. The molecule has 2 aromatic carbocycles. The average Bonchev–Trinajstić information content (AvgIpc) is 3.62. The number of methoxy groups -OCH3 is 1. The van der Waals surface area contributed by atoms with Gasteiger partial charge in [-0.15, -0.1) is 0 Å². The van der Waals surface area contributed by atoms with Gasteiger partial charge in [-0.05, 0) is 69.0 Å². The van der Waals surface area contributed by atoms with E-state index in [-0.39, 0.29) is 11.8 Å². The van der Waals surface area contributed by atoms with Crippen molar-refractivity contribution in [2.24, 2.45) is 4.99 Å². The first-order valence-corrected chi connectivity index (χ1v) is 14.5. The number of hydrogen-bond acceptors (Lipinski definition) is 5. The number of carbonyl (C=O) groups excluding carboxylic acids is 2. The molecule has 4 rings (SSSR count). The van der Waals surface area contributed by atoms with Crippen LogP contribution >= 0.6 is 0 Å². The Balaban J connectivity index is 0.000000832. The minimum atomic E-state index is -0.115. The summed E-state index contributed by atoms with van der Waals surface area (Å²) < 4.78 is 5.50. The number of rotatable bonds is 8. The number of fused-ring (bicyclic) bond motifs is 1. The molecule has 2 aromatic rings. The van der Waals surface area contributed by atoms with E-state index in [0.717, 1.165) is 29.3 Å². The van der Waals surface area contributed by atoms with Gasteiger partial charge in [0.25, 0.3) is 5.91 Å². The maximum absolute atomic E-state index is 13.5. The van der Waals surface area contributed by atoms with Gasteiger partial charge in [0.2, 0.25) is 11.8 Å². The quantitative estimate of drug-likeness (QED) is 0.210. The number of nitrogens with zero attached hydrogens (tertiary/aromatic N) is 4. The second-order valence-corrected chi connectivity index (χ2v) is 10.2. The molecule has 2 fully saturated rings. The second kappa shape index (κ2) is 16.4. The van der Waals surface area contributed by atoms with Crippen LogP contribution in [0.25, 0.3) is 10.8 Å². The standard InChI is InChI=1S/C29H36N4O3.C4H9N/c1-6-8-16-27(36-5)30-26(32-17-19-33(20-18-32)28(34)7-2)21-22(3)29(35)31(4)25-15-11-13-23-12-9-10-14-24(23)25;1-2-4-5-3-1/h7,9-16,21H,2,6,8,17-20H2,1,3-5H3;5H,1-4H2/b22-21+,27-16-,30-26+;. The van der Waals surface area contributed by atoms with Gasteiger partial charge in [0.05, 0.1) is 12.8 Å². The predicted molar refractivity (Wildman–Crippen MR) is 169 cm³/mol. The van der Waals surface area contributed by atoms with Gasteiger partial charge in [-0.1, -0.05) is 56.3 Å². The van der Waals surface area contributed by atoms with Gasteiger partial charge >= 0.3 is 0 Å². The van der Waals surface area contributed by atoms with Crippen molar-refractivity contribution in [1.29, 1.82) is 0 Å².